The number of thiazole rings is 1. The fraction of sp³-hybridized carbons (Fsp3) is 0.462. The molecule has 0 radical (unpaired) electrons. The highest BCUT2D eigenvalue weighted by Crippen LogP contribution is 2.27. The molecule has 0 bridgehead atoms. The summed E-state index contributed by atoms with van der Waals surface area (Å²) in [4.78, 5) is 7.04. The highest BCUT2D eigenvalue weighted by Gasteiger charge is 2.10. The average Bonchev–Trinajstić information content (AvgIpc) is 2.97. The van der Waals surface area contributed by atoms with Gasteiger partial charge in [-0.05, 0) is 44.1 Å². The first kappa shape index (κ1) is 12.2. The maximum absolute atomic E-state index is 5.96. The third-order valence-corrected chi connectivity index (χ3v) is 4.48. The highest BCUT2D eigenvalue weighted by molar-refractivity contribution is 7.22. The Hall–Kier alpha value is -0.840. The van der Waals surface area contributed by atoms with Crippen molar-refractivity contribution in [3.63, 3.8) is 0 Å². The van der Waals surface area contributed by atoms with Gasteiger partial charge in [0.25, 0.3) is 0 Å². The number of halogens is 1. The van der Waals surface area contributed by atoms with Crippen molar-refractivity contribution in [2.24, 2.45) is 0 Å². The topological polar surface area (TPSA) is 28.2 Å². The van der Waals surface area contributed by atoms with Gasteiger partial charge in [0.05, 0.1) is 10.2 Å². The minimum Gasteiger partial charge on any atom is -0.360 e. The molecule has 1 aromatic heterocycles. The van der Waals surface area contributed by atoms with Crippen LogP contribution in [0.3, 0.4) is 0 Å². The first-order valence-corrected chi connectivity index (χ1v) is 7.53. The number of rotatable bonds is 4. The molecule has 96 valence electrons. The van der Waals surface area contributed by atoms with Crippen LogP contribution in [0.1, 0.15) is 12.8 Å². The lowest BCUT2D eigenvalue weighted by molar-refractivity contribution is 0.352. The Morgan fingerprint density at radius 1 is 1.33 bits per heavy atom. The minimum absolute atomic E-state index is 0.747. The van der Waals surface area contributed by atoms with Gasteiger partial charge in [0.2, 0.25) is 0 Å². The molecule has 0 saturated carbocycles. The van der Waals surface area contributed by atoms with Gasteiger partial charge in [-0.25, -0.2) is 4.98 Å². The van der Waals surface area contributed by atoms with Crippen molar-refractivity contribution in [1.29, 1.82) is 0 Å². The van der Waals surface area contributed by atoms with Gasteiger partial charge in [-0.15, -0.1) is 0 Å². The second kappa shape index (κ2) is 5.43. The fourth-order valence-corrected chi connectivity index (χ4v) is 3.34. The Bertz CT molecular complexity index is 534. The number of anilines is 1. The molecule has 0 spiro atoms. The molecule has 2 aromatic rings. The highest BCUT2D eigenvalue weighted by atomic mass is 35.5. The van der Waals surface area contributed by atoms with Gasteiger partial charge in [-0.1, -0.05) is 22.9 Å². The molecule has 0 amide bonds. The number of hydrogen-bond acceptors (Lipinski definition) is 4. The zero-order valence-electron chi connectivity index (χ0n) is 10.2. The van der Waals surface area contributed by atoms with E-state index >= 15 is 0 Å². The lowest BCUT2D eigenvalue weighted by Crippen LogP contribution is -2.25. The summed E-state index contributed by atoms with van der Waals surface area (Å²) in [5, 5.41) is 5.14. The summed E-state index contributed by atoms with van der Waals surface area (Å²) in [6.07, 6.45) is 2.69. The van der Waals surface area contributed by atoms with Crippen molar-refractivity contribution < 1.29 is 0 Å². The monoisotopic (exact) mass is 281 g/mol. The molecule has 2 heterocycles. The molecule has 0 aliphatic carbocycles. The smallest absolute Gasteiger partial charge is 0.183 e. The predicted octanol–water partition coefficient (Wildman–Crippen LogP) is 3.46. The molecule has 1 aliphatic heterocycles. The summed E-state index contributed by atoms with van der Waals surface area (Å²) in [5.41, 5.74) is 0.983. The molecular formula is C13H16ClN3S. The van der Waals surface area contributed by atoms with Crippen molar-refractivity contribution in [1.82, 2.24) is 9.88 Å². The van der Waals surface area contributed by atoms with Crippen LogP contribution in [-0.4, -0.2) is 36.1 Å². The molecule has 1 aromatic carbocycles. The molecule has 3 rings (SSSR count). The summed E-state index contributed by atoms with van der Waals surface area (Å²) < 4.78 is 1.18. The minimum atomic E-state index is 0.747. The van der Waals surface area contributed by atoms with Gasteiger partial charge in [-0.3, -0.25) is 0 Å². The van der Waals surface area contributed by atoms with E-state index in [1.54, 1.807) is 11.3 Å². The fourth-order valence-electron chi connectivity index (χ4n) is 2.30. The largest absolute Gasteiger partial charge is 0.360 e. The summed E-state index contributed by atoms with van der Waals surface area (Å²) in [6.45, 7) is 4.57. The number of nitrogens with one attached hydrogen (secondary N) is 1. The summed E-state index contributed by atoms with van der Waals surface area (Å²) in [6, 6.07) is 5.86. The van der Waals surface area contributed by atoms with Crippen LogP contribution < -0.4 is 5.32 Å². The van der Waals surface area contributed by atoms with Gasteiger partial charge in [0.1, 0.15) is 0 Å². The standard InChI is InChI=1S/C13H16ClN3S/c14-10-3-4-12-11(9-10)16-13(18-12)15-5-8-17-6-1-2-7-17/h3-4,9H,1-2,5-8H2,(H,15,16). The Balaban J connectivity index is 1.60. The van der Waals surface area contributed by atoms with Crippen LogP contribution in [0.15, 0.2) is 18.2 Å². The second-order valence-corrected chi connectivity index (χ2v) is 6.07. The Labute approximate surface area is 116 Å². The Morgan fingerprint density at radius 3 is 3.00 bits per heavy atom. The van der Waals surface area contributed by atoms with E-state index in [9.17, 15) is 0 Å². The van der Waals surface area contributed by atoms with Crippen LogP contribution in [0.2, 0.25) is 5.02 Å². The summed E-state index contributed by atoms with van der Waals surface area (Å²) >= 11 is 7.65. The average molecular weight is 282 g/mol. The third kappa shape index (κ3) is 2.76. The van der Waals surface area contributed by atoms with Crippen molar-refractivity contribution in [2.45, 2.75) is 12.8 Å². The molecule has 1 aliphatic rings. The molecule has 0 atom stereocenters. The number of likely N-dealkylation sites (tertiary alicyclic amines) is 1. The van der Waals surface area contributed by atoms with Gasteiger partial charge in [-0.2, -0.15) is 0 Å². The van der Waals surface area contributed by atoms with Crippen molar-refractivity contribution in [3.8, 4) is 0 Å². The SMILES string of the molecule is Clc1ccc2sc(NCCN3CCCC3)nc2c1. The van der Waals surface area contributed by atoms with Crippen molar-refractivity contribution in [3.05, 3.63) is 23.2 Å². The van der Waals surface area contributed by atoms with Crippen LogP contribution >= 0.6 is 22.9 Å². The van der Waals surface area contributed by atoms with Crippen LogP contribution in [0, 0.1) is 0 Å². The lowest BCUT2D eigenvalue weighted by atomic mass is 10.3. The van der Waals surface area contributed by atoms with Gasteiger partial charge < -0.3 is 10.2 Å². The quantitative estimate of drug-likeness (QED) is 0.930. The molecule has 3 nitrogen and oxygen atoms in total. The zero-order valence-corrected chi connectivity index (χ0v) is 11.7. The van der Waals surface area contributed by atoms with E-state index in [1.807, 2.05) is 18.2 Å². The van der Waals surface area contributed by atoms with Crippen LogP contribution in [0.4, 0.5) is 5.13 Å². The van der Waals surface area contributed by atoms with Gasteiger partial charge in [0.15, 0.2) is 5.13 Å². The number of hydrogen-bond donors (Lipinski definition) is 1. The lowest BCUT2D eigenvalue weighted by Gasteiger charge is -2.13. The zero-order chi connectivity index (χ0) is 12.4. The molecule has 1 fully saturated rings. The molecule has 18 heavy (non-hydrogen) atoms. The summed E-state index contributed by atoms with van der Waals surface area (Å²) in [7, 11) is 0. The molecular weight excluding hydrogens is 266 g/mol. The predicted molar refractivity (Wildman–Crippen MR) is 78.8 cm³/mol. The Kier molecular flexibility index (Phi) is 3.68. The molecule has 0 unspecified atom stereocenters. The van der Waals surface area contributed by atoms with Crippen LogP contribution in [0.5, 0.6) is 0 Å². The van der Waals surface area contributed by atoms with E-state index in [-0.39, 0.29) is 0 Å². The van der Waals surface area contributed by atoms with Crippen LogP contribution in [-0.2, 0) is 0 Å². The van der Waals surface area contributed by atoms with E-state index in [0.29, 0.717) is 0 Å². The van der Waals surface area contributed by atoms with E-state index in [2.05, 4.69) is 15.2 Å². The molecule has 5 heteroatoms. The first-order chi connectivity index (χ1) is 8.81. The molecule has 1 saturated heterocycles. The van der Waals surface area contributed by atoms with Gasteiger partial charge in [0, 0.05) is 18.1 Å². The number of aromatic nitrogens is 1. The van der Waals surface area contributed by atoms with Crippen molar-refractivity contribution in [2.75, 3.05) is 31.5 Å². The number of fused-ring (bicyclic) bond motifs is 1. The molecule has 1 N–H and O–H groups in total. The van der Waals surface area contributed by atoms with E-state index < -0.39 is 0 Å². The maximum Gasteiger partial charge on any atom is 0.183 e. The first-order valence-electron chi connectivity index (χ1n) is 6.33. The van der Waals surface area contributed by atoms with Crippen LogP contribution in [0.25, 0.3) is 10.2 Å². The maximum atomic E-state index is 5.96. The van der Waals surface area contributed by atoms with E-state index in [0.717, 1.165) is 28.8 Å². The van der Waals surface area contributed by atoms with E-state index in [1.165, 1.54) is 30.6 Å². The van der Waals surface area contributed by atoms with Gasteiger partial charge >= 0.3 is 0 Å². The number of nitrogens with zero attached hydrogens (tertiary/aromatic N) is 2. The number of benzene rings is 1. The normalized spacial score (nSPS) is 16.5. The van der Waals surface area contributed by atoms with Crippen molar-refractivity contribution >= 4 is 38.3 Å². The summed E-state index contributed by atoms with van der Waals surface area (Å²) in [5.74, 6) is 0. The second-order valence-electron chi connectivity index (χ2n) is 4.61. The third-order valence-electron chi connectivity index (χ3n) is 3.25. The van der Waals surface area contributed by atoms with E-state index in [4.69, 9.17) is 11.6 Å². The Morgan fingerprint density at radius 2 is 2.17 bits per heavy atom.